The van der Waals surface area contributed by atoms with Crippen LogP contribution in [0.4, 0.5) is 8.78 Å². The summed E-state index contributed by atoms with van der Waals surface area (Å²) >= 11 is 5.94. The molecule has 12 heteroatoms. The van der Waals surface area contributed by atoms with Crippen molar-refractivity contribution >= 4 is 38.7 Å². The van der Waals surface area contributed by atoms with Crippen LogP contribution >= 0.6 is 11.6 Å². The molecule has 1 aliphatic carbocycles. The lowest BCUT2D eigenvalue weighted by molar-refractivity contribution is -0.0497. The molecule has 1 amide bonds. The molecule has 0 atom stereocenters. The van der Waals surface area contributed by atoms with Crippen molar-refractivity contribution < 1.29 is 30.9 Å². The van der Waals surface area contributed by atoms with Gasteiger partial charge in [0, 0.05) is 23.7 Å². The second kappa shape index (κ2) is 8.74. The van der Waals surface area contributed by atoms with Gasteiger partial charge in [0.05, 0.1) is 22.2 Å². The normalized spacial score (nSPS) is 20.0. The number of nitrogens with one attached hydrogen (secondary N) is 1. The molecule has 0 unspecified atom stereocenters. The van der Waals surface area contributed by atoms with E-state index in [1.165, 1.54) is 18.3 Å². The van der Waals surface area contributed by atoms with Crippen LogP contribution in [0.1, 0.15) is 36.0 Å². The molecule has 8 nitrogen and oxygen atoms in total. The molecule has 1 fully saturated rings. The van der Waals surface area contributed by atoms with Crippen LogP contribution in [0.25, 0.3) is 10.9 Å². The van der Waals surface area contributed by atoms with E-state index in [9.17, 15) is 22.0 Å². The summed E-state index contributed by atoms with van der Waals surface area (Å²) in [4.78, 5) is 16.6. The van der Waals surface area contributed by atoms with Gasteiger partial charge >= 0.3 is 16.9 Å². The number of ether oxygens (including phenoxy) is 1. The van der Waals surface area contributed by atoms with Crippen molar-refractivity contribution in [3.63, 3.8) is 0 Å². The van der Waals surface area contributed by atoms with Crippen LogP contribution in [0.3, 0.4) is 0 Å². The quantitative estimate of drug-likeness (QED) is 0.699. The minimum Gasteiger partial charge on any atom is -0.433 e. The number of alkyl halides is 2. The van der Waals surface area contributed by atoms with Gasteiger partial charge in [-0.1, -0.05) is 11.6 Å². The molecule has 29 heavy (non-hydrogen) atoms. The Balaban J connectivity index is 1.65. The van der Waals surface area contributed by atoms with Crippen LogP contribution in [0.5, 0.6) is 5.75 Å². The minimum atomic E-state index is -4.00. The highest BCUT2D eigenvalue weighted by Gasteiger charge is 2.26. The summed E-state index contributed by atoms with van der Waals surface area (Å²) in [5.41, 5.74) is 0.626. The van der Waals surface area contributed by atoms with Gasteiger partial charge < -0.3 is 10.1 Å². The molecule has 3 rings (SSSR count). The number of rotatable bonds is 6. The third kappa shape index (κ3) is 5.95. The van der Waals surface area contributed by atoms with Gasteiger partial charge in [0.25, 0.3) is 5.91 Å². The third-order valence-electron chi connectivity index (χ3n) is 4.49. The van der Waals surface area contributed by atoms with Gasteiger partial charge in [0.1, 0.15) is 5.75 Å². The number of halogens is 3. The van der Waals surface area contributed by atoms with E-state index in [2.05, 4.69) is 15.0 Å². The predicted octanol–water partition coefficient (Wildman–Crippen LogP) is 2.75. The average molecular weight is 450 g/mol. The van der Waals surface area contributed by atoms with Crippen molar-refractivity contribution in [3.8, 4) is 5.75 Å². The maximum Gasteiger partial charge on any atom is 0.387 e. The van der Waals surface area contributed by atoms with Gasteiger partial charge in [0.15, 0.2) is 0 Å². The zero-order valence-corrected chi connectivity index (χ0v) is 16.6. The number of nitrogens with zero attached hydrogens (tertiary/aromatic N) is 1. The highest BCUT2D eigenvalue weighted by molar-refractivity contribution is 7.84. The fourth-order valence-corrected chi connectivity index (χ4v) is 3.99. The van der Waals surface area contributed by atoms with Crippen molar-refractivity contribution in [1.29, 1.82) is 0 Å². The standard InChI is InChI=1S/C17H18ClF2N3O5S/c18-13-6-9-5-10(8-22-14(9)7-15(13)27-17(19)20)16(24)23-11-1-3-12(4-2-11)28-29(21,25)26/h5-8,11-12,17H,1-4H2,(H,23,24)(H2,21,25,26). The van der Waals surface area contributed by atoms with Crippen LogP contribution in [-0.2, 0) is 14.5 Å². The van der Waals surface area contributed by atoms with E-state index < -0.39 is 23.0 Å². The highest BCUT2D eigenvalue weighted by Crippen LogP contribution is 2.31. The van der Waals surface area contributed by atoms with E-state index in [1.807, 2.05) is 0 Å². The van der Waals surface area contributed by atoms with Crippen LogP contribution in [0, 0.1) is 0 Å². The molecule has 0 bridgehead atoms. The van der Waals surface area contributed by atoms with Crippen LogP contribution < -0.4 is 15.2 Å². The Bertz CT molecular complexity index is 1010. The van der Waals surface area contributed by atoms with Gasteiger partial charge in [-0.25, -0.2) is 5.14 Å². The predicted molar refractivity (Wildman–Crippen MR) is 101 cm³/mol. The lowest BCUT2D eigenvalue weighted by Gasteiger charge is -2.28. The summed E-state index contributed by atoms with van der Waals surface area (Å²) in [6, 6.07) is 4.07. The van der Waals surface area contributed by atoms with Crippen LogP contribution in [0.2, 0.25) is 5.02 Å². The Morgan fingerprint density at radius 1 is 1.24 bits per heavy atom. The molecule has 0 radical (unpaired) electrons. The number of benzene rings is 1. The number of carbonyl (C=O) groups excluding carboxylic acids is 1. The summed E-state index contributed by atoms with van der Waals surface area (Å²) < 4.78 is 55.8. The Morgan fingerprint density at radius 2 is 1.93 bits per heavy atom. The summed E-state index contributed by atoms with van der Waals surface area (Å²) in [5.74, 6) is -0.559. The average Bonchev–Trinajstić information content (AvgIpc) is 2.62. The summed E-state index contributed by atoms with van der Waals surface area (Å²) in [7, 11) is -4.00. The van der Waals surface area contributed by atoms with Gasteiger partial charge in [0.2, 0.25) is 0 Å². The second-order valence-electron chi connectivity index (χ2n) is 6.61. The topological polar surface area (TPSA) is 121 Å². The Morgan fingerprint density at radius 3 is 2.55 bits per heavy atom. The number of nitrogens with two attached hydrogens (primary N) is 1. The molecule has 0 aliphatic heterocycles. The van der Waals surface area contributed by atoms with Crippen LogP contribution in [-0.4, -0.2) is 38.1 Å². The van der Waals surface area contributed by atoms with E-state index in [0.717, 1.165) is 0 Å². The van der Waals surface area contributed by atoms with E-state index in [-0.39, 0.29) is 28.3 Å². The monoisotopic (exact) mass is 449 g/mol. The number of aromatic nitrogens is 1. The zero-order chi connectivity index (χ0) is 21.2. The van der Waals surface area contributed by atoms with Crippen molar-refractivity contribution in [2.24, 2.45) is 5.14 Å². The van der Waals surface area contributed by atoms with Crippen molar-refractivity contribution in [2.45, 2.75) is 44.4 Å². The van der Waals surface area contributed by atoms with Gasteiger partial charge in [-0.05, 0) is 37.8 Å². The van der Waals surface area contributed by atoms with Crippen molar-refractivity contribution in [2.75, 3.05) is 0 Å². The first kappa shape index (κ1) is 21.6. The Labute approximate surface area is 170 Å². The summed E-state index contributed by atoms with van der Waals surface area (Å²) in [5, 5.41) is 8.20. The van der Waals surface area contributed by atoms with Crippen LogP contribution in [0.15, 0.2) is 24.4 Å². The van der Waals surface area contributed by atoms with Crippen molar-refractivity contribution in [3.05, 3.63) is 35.0 Å². The molecule has 1 saturated carbocycles. The number of amides is 1. The number of hydrogen-bond donors (Lipinski definition) is 2. The molecule has 1 aliphatic rings. The van der Waals surface area contributed by atoms with E-state index >= 15 is 0 Å². The third-order valence-corrected chi connectivity index (χ3v) is 5.33. The molecule has 3 N–H and O–H groups in total. The first-order chi connectivity index (χ1) is 13.6. The van der Waals surface area contributed by atoms with Gasteiger partial charge in [-0.2, -0.15) is 17.2 Å². The summed E-state index contributed by atoms with van der Waals surface area (Å²) in [6.45, 7) is -3.01. The number of carbonyl (C=O) groups is 1. The van der Waals surface area contributed by atoms with Gasteiger partial charge in [-0.15, -0.1) is 0 Å². The van der Waals surface area contributed by atoms with E-state index in [4.69, 9.17) is 20.9 Å². The SMILES string of the molecule is NS(=O)(=O)OC1CCC(NC(=O)c2cnc3cc(OC(F)F)c(Cl)cc3c2)CC1. The van der Waals surface area contributed by atoms with Gasteiger partial charge in [-0.3, -0.25) is 14.0 Å². The maximum absolute atomic E-state index is 12.5. The smallest absolute Gasteiger partial charge is 0.387 e. The zero-order valence-electron chi connectivity index (χ0n) is 15.0. The molecule has 0 saturated heterocycles. The molecule has 1 heterocycles. The molecular formula is C17H18ClF2N3O5S. The minimum absolute atomic E-state index is 0.0228. The molecule has 1 aromatic carbocycles. The summed E-state index contributed by atoms with van der Waals surface area (Å²) in [6.07, 6.45) is 2.79. The first-order valence-electron chi connectivity index (χ1n) is 8.66. The molecule has 158 valence electrons. The lowest BCUT2D eigenvalue weighted by Crippen LogP contribution is -2.40. The molecule has 0 spiro atoms. The van der Waals surface area contributed by atoms with E-state index in [1.54, 1.807) is 6.07 Å². The highest BCUT2D eigenvalue weighted by atomic mass is 35.5. The Hall–Kier alpha value is -2.08. The number of pyridine rings is 1. The number of hydrogen-bond acceptors (Lipinski definition) is 6. The first-order valence-corrected chi connectivity index (χ1v) is 10.5. The fraction of sp³-hybridized carbons (Fsp3) is 0.412. The maximum atomic E-state index is 12.5. The number of fused-ring (bicyclic) bond motifs is 1. The fourth-order valence-electron chi connectivity index (χ4n) is 3.20. The van der Waals surface area contributed by atoms with Crippen molar-refractivity contribution in [1.82, 2.24) is 10.3 Å². The lowest BCUT2D eigenvalue weighted by atomic mass is 9.93. The molecule has 2 aromatic rings. The largest absolute Gasteiger partial charge is 0.433 e. The van der Waals surface area contributed by atoms with E-state index in [0.29, 0.717) is 36.6 Å². The molecule has 1 aromatic heterocycles. The Kier molecular flexibility index (Phi) is 6.52. The second-order valence-corrected chi connectivity index (χ2v) is 8.20. The molecular weight excluding hydrogens is 432 g/mol.